The summed E-state index contributed by atoms with van der Waals surface area (Å²) in [6, 6.07) is 54.8. The quantitative estimate of drug-likeness (QED) is 0.182. The standard InChI is InChI=1S/C46H25N3S2/c1-2-13-27-25-39-34(24-26(27)12-1)41-30-16-4-3-15-29(30)40-32-17-5-9-22-37(32)49(43(40)45(41)51-39)46-42(47-35-20-7-8-21-36(35)48-46)33-19-11-18-31-28-14-6-10-23-38(28)50-44(31)33/h1-25H. The lowest BCUT2D eigenvalue weighted by molar-refractivity contribution is 1.09. The minimum Gasteiger partial charge on any atom is -0.290 e. The Bertz CT molecular complexity index is 3440. The summed E-state index contributed by atoms with van der Waals surface area (Å²) in [7, 11) is 0. The first-order valence-corrected chi connectivity index (χ1v) is 18.8. The van der Waals surface area contributed by atoms with E-state index in [4.69, 9.17) is 9.97 Å². The average molecular weight is 684 g/mol. The molecule has 0 radical (unpaired) electrons. The molecule has 0 spiro atoms. The van der Waals surface area contributed by atoms with Crippen LogP contribution in [0, 0.1) is 0 Å². The number of hydrogen-bond acceptors (Lipinski definition) is 4. The molecule has 4 aromatic heterocycles. The smallest absolute Gasteiger partial charge is 0.165 e. The molecular formula is C46H25N3S2. The van der Waals surface area contributed by atoms with Gasteiger partial charge in [0.15, 0.2) is 5.82 Å². The molecule has 0 aliphatic carbocycles. The second kappa shape index (κ2) is 10.2. The fraction of sp³-hybridized carbons (Fsp3) is 0. The van der Waals surface area contributed by atoms with E-state index in [1.807, 2.05) is 22.7 Å². The molecule has 0 amide bonds. The number of thiophene rings is 2. The van der Waals surface area contributed by atoms with Gasteiger partial charge in [0.1, 0.15) is 5.69 Å². The highest BCUT2D eigenvalue weighted by molar-refractivity contribution is 7.27. The Morgan fingerprint density at radius 2 is 1.06 bits per heavy atom. The van der Waals surface area contributed by atoms with Crippen LogP contribution in [0.25, 0.3) is 112 Å². The summed E-state index contributed by atoms with van der Waals surface area (Å²) in [5, 5.41) is 12.6. The number of nitrogens with zero attached hydrogens (tertiary/aromatic N) is 3. The fourth-order valence-electron chi connectivity index (χ4n) is 8.34. The maximum absolute atomic E-state index is 5.55. The molecule has 3 nitrogen and oxygen atoms in total. The molecule has 4 heterocycles. The van der Waals surface area contributed by atoms with Gasteiger partial charge in [-0.05, 0) is 57.9 Å². The van der Waals surface area contributed by atoms with Gasteiger partial charge in [-0.2, -0.15) is 0 Å². The third kappa shape index (κ3) is 3.77. The first-order chi connectivity index (χ1) is 25.3. The van der Waals surface area contributed by atoms with Gasteiger partial charge in [0.25, 0.3) is 0 Å². The molecule has 5 heteroatoms. The van der Waals surface area contributed by atoms with Gasteiger partial charge < -0.3 is 0 Å². The minimum absolute atomic E-state index is 0.851. The average Bonchev–Trinajstić information content (AvgIpc) is 3.86. The predicted octanol–water partition coefficient (Wildman–Crippen LogP) is 13.4. The summed E-state index contributed by atoms with van der Waals surface area (Å²) in [5.41, 5.74) is 6.07. The van der Waals surface area contributed by atoms with Crippen molar-refractivity contribution in [1.29, 1.82) is 0 Å². The summed E-state index contributed by atoms with van der Waals surface area (Å²) >= 11 is 3.72. The lowest BCUT2D eigenvalue weighted by atomic mass is 9.98. The van der Waals surface area contributed by atoms with Gasteiger partial charge in [-0.25, -0.2) is 9.97 Å². The molecule has 0 aliphatic heterocycles. The second-order valence-electron chi connectivity index (χ2n) is 13.3. The van der Waals surface area contributed by atoms with E-state index in [1.54, 1.807) is 0 Å². The van der Waals surface area contributed by atoms with Crippen LogP contribution in [0.3, 0.4) is 0 Å². The summed E-state index contributed by atoms with van der Waals surface area (Å²) < 4.78 is 7.49. The number of aromatic nitrogens is 3. The van der Waals surface area contributed by atoms with Crippen LogP contribution in [-0.4, -0.2) is 14.5 Å². The number of para-hydroxylation sites is 3. The minimum atomic E-state index is 0.851. The van der Waals surface area contributed by atoms with Crippen LogP contribution in [0.1, 0.15) is 0 Å². The molecule has 236 valence electrons. The van der Waals surface area contributed by atoms with Crippen molar-refractivity contribution in [3.8, 4) is 17.1 Å². The van der Waals surface area contributed by atoms with Crippen molar-refractivity contribution in [2.75, 3.05) is 0 Å². The van der Waals surface area contributed by atoms with Gasteiger partial charge in [-0.15, -0.1) is 22.7 Å². The van der Waals surface area contributed by atoms with Crippen molar-refractivity contribution >= 4 is 117 Å². The van der Waals surface area contributed by atoms with Gasteiger partial charge in [-0.3, -0.25) is 4.57 Å². The Labute approximate surface area is 299 Å². The first-order valence-electron chi connectivity index (χ1n) is 17.2. The molecule has 51 heavy (non-hydrogen) atoms. The van der Waals surface area contributed by atoms with Gasteiger partial charge in [-0.1, -0.05) is 115 Å². The molecule has 12 aromatic rings. The van der Waals surface area contributed by atoms with E-state index in [0.29, 0.717) is 0 Å². The van der Waals surface area contributed by atoms with Crippen LogP contribution < -0.4 is 0 Å². The van der Waals surface area contributed by atoms with E-state index in [9.17, 15) is 0 Å². The van der Waals surface area contributed by atoms with E-state index < -0.39 is 0 Å². The number of hydrogen-bond donors (Lipinski definition) is 0. The van der Waals surface area contributed by atoms with Crippen molar-refractivity contribution in [2.45, 2.75) is 0 Å². The third-order valence-corrected chi connectivity index (χ3v) is 12.9. The SMILES string of the molecule is c1ccc2cc3c(cc2c1)sc1c3c2ccccc2c2c3ccccc3n(-c3nc4ccccc4nc3-c3cccc4c3sc3ccccc34)c12. The highest BCUT2D eigenvalue weighted by Crippen LogP contribution is 2.49. The van der Waals surface area contributed by atoms with Crippen molar-refractivity contribution in [3.05, 3.63) is 152 Å². The van der Waals surface area contributed by atoms with E-state index in [2.05, 4.69) is 156 Å². The number of rotatable bonds is 2. The lowest BCUT2D eigenvalue weighted by Gasteiger charge is -2.15. The van der Waals surface area contributed by atoms with Crippen molar-refractivity contribution < 1.29 is 0 Å². The largest absolute Gasteiger partial charge is 0.290 e. The zero-order valence-corrected chi connectivity index (χ0v) is 28.7. The Morgan fingerprint density at radius 1 is 0.431 bits per heavy atom. The van der Waals surface area contributed by atoms with Crippen molar-refractivity contribution in [1.82, 2.24) is 14.5 Å². The summed E-state index contributed by atoms with van der Waals surface area (Å²) in [6.45, 7) is 0. The van der Waals surface area contributed by atoms with Crippen LogP contribution in [0.15, 0.2) is 152 Å². The molecule has 0 aliphatic rings. The molecule has 0 unspecified atom stereocenters. The molecule has 0 bridgehead atoms. The zero-order chi connectivity index (χ0) is 33.2. The molecular weight excluding hydrogens is 659 g/mol. The Hall–Kier alpha value is -6.14. The maximum Gasteiger partial charge on any atom is 0.165 e. The normalized spacial score (nSPS) is 12.3. The summed E-state index contributed by atoms with van der Waals surface area (Å²) in [4.78, 5) is 11.0. The highest BCUT2D eigenvalue weighted by Gasteiger charge is 2.25. The molecule has 8 aromatic carbocycles. The fourth-order valence-corrected chi connectivity index (χ4v) is 10.9. The molecule has 0 fully saturated rings. The topological polar surface area (TPSA) is 30.7 Å². The molecule has 0 saturated heterocycles. The van der Waals surface area contributed by atoms with Crippen molar-refractivity contribution in [2.24, 2.45) is 0 Å². The van der Waals surface area contributed by atoms with Gasteiger partial charge in [0, 0.05) is 52.0 Å². The van der Waals surface area contributed by atoms with Gasteiger partial charge in [0.05, 0.1) is 26.8 Å². The van der Waals surface area contributed by atoms with Crippen LogP contribution >= 0.6 is 22.7 Å². The lowest BCUT2D eigenvalue weighted by Crippen LogP contribution is -2.04. The summed E-state index contributed by atoms with van der Waals surface area (Å²) in [5.74, 6) is 0.851. The van der Waals surface area contributed by atoms with E-state index in [0.717, 1.165) is 33.6 Å². The van der Waals surface area contributed by atoms with Gasteiger partial charge >= 0.3 is 0 Å². The Kier molecular flexibility index (Phi) is 5.53. The first kappa shape index (κ1) is 27.7. The molecule has 0 N–H and O–H groups in total. The van der Waals surface area contributed by atoms with Gasteiger partial charge in [0.2, 0.25) is 0 Å². The Morgan fingerprint density at radius 3 is 1.90 bits per heavy atom. The monoisotopic (exact) mass is 683 g/mol. The zero-order valence-electron chi connectivity index (χ0n) is 27.1. The van der Waals surface area contributed by atoms with Crippen molar-refractivity contribution in [3.63, 3.8) is 0 Å². The van der Waals surface area contributed by atoms with Crippen LogP contribution in [0.4, 0.5) is 0 Å². The van der Waals surface area contributed by atoms with E-state index in [-0.39, 0.29) is 0 Å². The second-order valence-corrected chi connectivity index (χ2v) is 15.4. The Balaban J connectivity index is 1.32. The highest BCUT2D eigenvalue weighted by atomic mass is 32.1. The number of benzene rings is 8. The van der Waals surface area contributed by atoms with Crippen LogP contribution in [-0.2, 0) is 0 Å². The summed E-state index contributed by atoms with van der Waals surface area (Å²) in [6.07, 6.45) is 0. The maximum atomic E-state index is 5.55. The van der Waals surface area contributed by atoms with E-state index >= 15 is 0 Å². The van der Waals surface area contributed by atoms with Crippen LogP contribution in [0.5, 0.6) is 0 Å². The number of fused-ring (bicyclic) bond motifs is 15. The van der Waals surface area contributed by atoms with E-state index in [1.165, 1.54) is 78.2 Å². The molecule has 12 rings (SSSR count). The van der Waals surface area contributed by atoms with Crippen LogP contribution in [0.2, 0.25) is 0 Å². The molecule has 0 saturated carbocycles. The third-order valence-electron chi connectivity index (χ3n) is 10.5. The predicted molar refractivity (Wildman–Crippen MR) is 220 cm³/mol. The molecule has 0 atom stereocenters.